The Morgan fingerprint density at radius 3 is 2.62 bits per heavy atom. The highest BCUT2D eigenvalue weighted by molar-refractivity contribution is 9.10. The average molecular weight is 252 g/mol. The maximum absolute atomic E-state index is 12.3. The van der Waals surface area contributed by atoms with Crippen LogP contribution >= 0.6 is 15.9 Å². The summed E-state index contributed by atoms with van der Waals surface area (Å²) in [5.41, 5.74) is 10.9. The zero-order valence-corrected chi connectivity index (χ0v) is 8.18. The van der Waals surface area contributed by atoms with E-state index in [2.05, 4.69) is 20.9 Å². The molecule has 0 saturated heterocycles. The van der Waals surface area contributed by atoms with E-state index in [1.807, 2.05) is 0 Å². The molecular weight excluding hydrogens is 244 g/mol. The number of alkyl halides is 2. The molecule has 6 heteroatoms. The summed E-state index contributed by atoms with van der Waals surface area (Å²) in [5.74, 6) is 0. The number of nitrogen functional groups attached to an aromatic ring is 1. The number of pyridine rings is 1. The largest absolute Gasteiger partial charge is 0.398 e. The van der Waals surface area contributed by atoms with E-state index in [9.17, 15) is 8.78 Å². The molecule has 3 nitrogen and oxygen atoms in total. The van der Waals surface area contributed by atoms with Crippen molar-refractivity contribution in [2.75, 3.05) is 5.73 Å². The molecule has 72 valence electrons. The summed E-state index contributed by atoms with van der Waals surface area (Å²) in [5, 5.41) is 0. The van der Waals surface area contributed by atoms with Crippen molar-refractivity contribution in [2.24, 2.45) is 5.73 Å². The second-order valence-corrected chi connectivity index (χ2v) is 3.20. The standard InChI is InChI=1S/C7H8BrF2N3/c8-5-4(12)1-3(2-11)13-6(5)7(9)10/h1,7H,2,11H2,(H2,12,13). The van der Waals surface area contributed by atoms with Gasteiger partial charge in [-0.15, -0.1) is 0 Å². The topological polar surface area (TPSA) is 64.9 Å². The van der Waals surface area contributed by atoms with Gasteiger partial charge in [-0.1, -0.05) is 0 Å². The molecule has 0 unspecified atom stereocenters. The number of halogens is 3. The zero-order valence-electron chi connectivity index (χ0n) is 6.60. The monoisotopic (exact) mass is 251 g/mol. The number of aromatic nitrogens is 1. The molecule has 0 amide bonds. The minimum atomic E-state index is -2.65. The maximum atomic E-state index is 12.3. The van der Waals surface area contributed by atoms with E-state index in [0.717, 1.165) is 0 Å². The lowest BCUT2D eigenvalue weighted by Gasteiger charge is -2.07. The van der Waals surface area contributed by atoms with E-state index in [1.54, 1.807) is 0 Å². The highest BCUT2D eigenvalue weighted by Crippen LogP contribution is 2.30. The van der Waals surface area contributed by atoms with Gasteiger partial charge < -0.3 is 11.5 Å². The molecule has 1 aromatic heterocycles. The SMILES string of the molecule is NCc1cc(N)c(Br)c(C(F)F)n1. The molecule has 0 aliphatic heterocycles. The van der Waals surface area contributed by atoms with Crippen LogP contribution in [0, 0.1) is 0 Å². The van der Waals surface area contributed by atoms with Crippen molar-refractivity contribution in [3.8, 4) is 0 Å². The Hall–Kier alpha value is -0.750. The number of anilines is 1. The zero-order chi connectivity index (χ0) is 10.0. The molecule has 4 N–H and O–H groups in total. The Kier molecular flexibility index (Phi) is 3.16. The summed E-state index contributed by atoms with van der Waals surface area (Å²) in [6.07, 6.45) is -2.65. The Bertz CT molecular complexity index is 317. The summed E-state index contributed by atoms with van der Waals surface area (Å²) >= 11 is 2.94. The van der Waals surface area contributed by atoms with Gasteiger partial charge in [0.2, 0.25) is 0 Å². The molecule has 0 saturated carbocycles. The number of hydrogen-bond acceptors (Lipinski definition) is 3. The predicted molar refractivity (Wildman–Crippen MR) is 49.2 cm³/mol. The van der Waals surface area contributed by atoms with Crippen molar-refractivity contribution >= 4 is 21.6 Å². The molecule has 0 radical (unpaired) electrons. The van der Waals surface area contributed by atoms with E-state index >= 15 is 0 Å². The van der Waals surface area contributed by atoms with E-state index < -0.39 is 6.43 Å². The first-order valence-corrected chi connectivity index (χ1v) is 4.28. The third-order valence-electron chi connectivity index (χ3n) is 1.48. The second kappa shape index (κ2) is 3.97. The third-order valence-corrected chi connectivity index (χ3v) is 2.34. The van der Waals surface area contributed by atoms with Crippen LogP contribution in [0.2, 0.25) is 0 Å². The van der Waals surface area contributed by atoms with Crippen LogP contribution in [-0.2, 0) is 6.54 Å². The fourth-order valence-corrected chi connectivity index (χ4v) is 1.25. The Morgan fingerprint density at radius 1 is 1.54 bits per heavy atom. The van der Waals surface area contributed by atoms with Gasteiger partial charge in [0.05, 0.1) is 10.2 Å². The van der Waals surface area contributed by atoms with Crippen LogP contribution in [0.1, 0.15) is 17.8 Å². The number of rotatable bonds is 2. The molecule has 0 atom stereocenters. The molecule has 0 spiro atoms. The summed E-state index contributed by atoms with van der Waals surface area (Å²) in [4.78, 5) is 3.65. The van der Waals surface area contributed by atoms with Gasteiger partial charge in [-0.3, -0.25) is 0 Å². The predicted octanol–water partition coefficient (Wildman–Crippen LogP) is 1.82. The van der Waals surface area contributed by atoms with E-state index in [0.29, 0.717) is 5.69 Å². The van der Waals surface area contributed by atoms with Crippen LogP contribution in [0.3, 0.4) is 0 Å². The average Bonchev–Trinajstić information content (AvgIpc) is 2.09. The quantitative estimate of drug-likeness (QED) is 0.843. The summed E-state index contributed by atoms with van der Waals surface area (Å²) in [6, 6.07) is 1.47. The van der Waals surface area contributed by atoms with Gasteiger partial charge in [-0.05, 0) is 22.0 Å². The lowest BCUT2D eigenvalue weighted by molar-refractivity contribution is 0.145. The maximum Gasteiger partial charge on any atom is 0.281 e. The number of hydrogen-bond donors (Lipinski definition) is 2. The lowest BCUT2D eigenvalue weighted by atomic mass is 10.2. The van der Waals surface area contributed by atoms with Gasteiger partial charge in [0.1, 0.15) is 5.69 Å². The lowest BCUT2D eigenvalue weighted by Crippen LogP contribution is -2.05. The number of nitrogens with zero attached hydrogens (tertiary/aromatic N) is 1. The highest BCUT2D eigenvalue weighted by atomic mass is 79.9. The molecule has 0 fully saturated rings. The minimum absolute atomic E-state index is 0.0944. The fourth-order valence-electron chi connectivity index (χ4n) is 0.876. The molecule has 13 heavy (non-hydrogen) atoms. The van der Waals surface area contributed by atoms with Crippen LogP contribution in [0.15, 0.2) is 10.5 Å². The molecular formula is C7H8BrF2N3. The summed E-state index contributed by atoms with van der Waals surface area (Å²) < 4.78 is 24.8. The van der Waals surface area contributed by atoms with Crippen LogP contribution in [0.5, 0.6) is 0 Å². The van der Waals surface area contributed by atoms with E-state index in [4.69, 9.17) is 11.5 Å². The van der Waals surface area contributed by atoms with Crippen LogP contribution in [-0.4, -0.2) is 4.98 Å². The fraction of sp³-hybridized carbons (Fsp3) is 0.286. The van der Waals surface area contributed by atoms with Crippen molar-refractivity contribution < 1.29 is 8.78 Å². The first-order chi connectivity index (χ1) is 6.06. The van der Waals surface area contributed by atoms with Gasteiger partial charge in [0.25, 0.3) is 6.43 Å². The van der Waals surface area contributed by atoms with Gasteiger partial charge in [0, 0.05) is 12.2 Å². The summed E-state index contributed by atoms with van der Waals surface area (Å²) in [7, 11) is 0. The van der Waals surface area contributed by atoms with Gasteiger partial charge in [-0.25, -0.2) is 13.8 Å². The van der Waals surface area contributed by atoms with Gasteiger partial charge in [0.15, 0.2) is 0 Å². The normalized spacial score (nSPS) is 10.8. The first kappa shape index (κ1) is 10.3. The summed E-state index contributed by atoms with van der Waals surface area (Å²) in [6.45, 7) is 0.0944. The third kappa shape index (κ3) is 2.13. The van der Waals surface area contributed by atoms with Gasteiger partial charge in [-0.2, -0.15) is 0 Å². The molecule has 0 bridgehead atoms. The van der Waals surface area contributed by atoms with Gasteiger partial charge >= 0.3 is 0 Å². The van der Waals surface area contributed by atoms with Crippen LogP contribution < -0.4 is 11.5 Å². The van der Waals surface area contributed by atoms with Crippen molar-refractivity contribution in [2.45, 2.75) is 13.0 Å². The van der Waals surface area contributed by atoms with E-state index in [1.165, 1.54) is 6.07 Å². The molecule has 1 heterocycles. The van der Waals surface area contributed by atoms with Crippen molar-refractivity contribution in [3.05, 3.63) is 21.9 Å². The number of nitrogens with two attached hydrogens (primary N) is 2. The Labute approximate surface area is 82.3 Å². The molecule has 0 aromatic carbocycles. The molecule has 1 rings (SSSR count). The smallest absolute Gasteiger partial charge is 0.281 e. The van der Waals surface area contributed by atoms with Crippen molar-refractivity contribution in [1.29, 1.82) is 0 Å². The minimum Gasteiger partial charge on any atom is -0.398 e. The molecule has 0 aliphatic rings. The molecule has 0 aliphatic carbocycles. The second-order valence-electron chi connectivity index (χ2n) is 2.41. The Morgan fingerprint density at radius 2 is 2.15 bits per heavy atom. The first-order valence-electron chi connectivity index (χ1n) is 3.49. The van der Waals surface area contributed by atoms with Crippen LogP contribution in [0.4, 0.5) is 14.5 Å². The Balaban J connectivity index is 3.25. The van der Waals surface area contributed by atoms with Crippen molar-refractivity contribution in [1.82, 2.24) is 4.98 Å². The van der Waals surface area contributed by atoms with E-state index in [-0.39, 0.29) is 22.4 Å². The molecule has 1 aromatic rings. The van der Waals surface area contributed by atoms with Crippen molar-refractivity contribution in [3.63, 3.8) is 0 Å². The highest BCUT2D eigenvalue weighted by Gasteiger charge is 2.16. The van der Waals surface area contributed by atoms with Crippen LogP contribution in [0.25, 0.3) is 0 Å².